The van der Waals surface area contributed by atoms with Crippen molar-refractivity contribution >= 4 is 17.5 Å². The number of rotatable bonds is 6. The number of hydrogen-bond donors (Lipinski definition) is 0. The van der Waals surface area contributed by atoms with Crippen LogP contribution in [0.5, 0.6) is 11.5 Å². The summed E-state index contributed by atoms with van der Waals surface area (Å²) in [5.74, 6) is 1.56. The summed E-state index contributed by atoms with van der Waals surface area (Å²) in [6.45, 7) is 4.53. The number of hydrogen-bond acceptors (Lipinski definition) is 4. The van der Waals surface area contributed by atoms with Gasteiger partial charge in [-0.2, -0.15) is 0 Å². The Hall–Kier alpha value is -2.24. The van der Waals surface area contributed by atoms with E-state index < -0.39 is 0 Å². The maximum atomic E-state index is 12.5. The number of halogens is 1. The maximum Gasteiger partial charge on any atom is 0.253 e. The zero-order valence-corrected chi connectivity index (χ0v) is 15.6. The van der Waals surface area contributed by atoms with Gasteiger partial charge in [0.05, 0.1) is 7.11 Å². The summed E-state index contributed by atoms with van der Waals surface area (Å²) in [6.07, 6.45) is 0. The normalized spacial score (nSPS) is 14.9. The van der Waals surface area contributed by atoms with E-state index in [1.165, 1.54) is 0 Å². The van der Waals surface area contributed by atoms with Gasteiger partial charge in [-0.05, 0) is 36.4 Å². The predicted molar refractivity (Wildman–Crippen MR) is 102 cm³/mol. The fourth-order valence-corrected chi connectivity index (χ4v) is 3.10. The summed E-state index contributed by atoms with van der Waals surface area (Å²) in [7, 11) is 1.64. The second-order valence-electron chi connectivity index (χ2n) is 6.14. The van der Waals surface area contributed by atoms with Gasteiger partial charge in [0, 0.05) is 43.3 Å². The van der Waals surface area contributed by atoms with Crippen molar-refractivity contribution in [1.29, 1.82) is 0 Å². The fraction of sp³-hybridized carbons (Fsp3) is 0.350. The van der Waals surface area contributed by atoms with Gasteiger partial charge in [0.2, 0.25) is 0 Å². The van der Waals surface area contributed by atoms with Gasteiger partial charge in [0.15, 0.2) is 11.5 Å². The Balaban J connectivity index is 1.44. The number of methoxy groups -OCH3 is 1. The van der Waals surface area contributed by atoms with Gasteiger partial charge < -0.3 is 14.4 Å². The van der Waals surface area contributed by atoms with E-state index in [-0.39, 0.29) is 5.91 Å². The van der Waals surface area contributed by atoms with Crippen molar-refractivity contribution in [3.8, 4) is 11.5 Å². The minimum absolute atomic E-state index is 0.0617. The van der Waals surface area contributed by atoms with Crippen LogP contribution >= 0.6 is 11.6 Å². The third-order valence-corrected chi connectivity index (χ3v) is 4.74. The van der Waals surface area contributed by atoms with Gasteiger partial charge in [-0.3, -0.25) is 9.69 Å². The first kappa shape index (κ1) is 18.5. The number of carbonyl (C=O) groups excluding carboxylic acids is 1. The number of ether oxygens (including phenoxy) is 2. The van der Waals surface area contributed by atoms with Crippen LogP contribution in [-0.4, -0.2) is 62.1 Å². The van der Waals surface area contributed by atoms with Crippen LogP contribution < -0.4 is 9.47 Å². The quantitative estimate of drug-likeness (QED) is 0.778. The first-order chi connectivity index (χ1) is 12.7. The predicted octanol–water partition coefficient (Wildman–Crippen LogP) is 3.19. The lowest BCUT2D eigenvalue weighted by Gasteiger charge is -2.34. The first-order valence-corrected chi connectivity index (χ1v) is 9.08. The highest BCUT2D eigenvalue weighted by Crippen LogP contribution is 2.25. The number of nitrogens with zero attached hydrogens (tertiary/aromatic N) is 2. The number of para-hydroxylation sites is 2. The average Bonchev–Trinajstić information content (AvgIpc) is 2.69. The molecule has 5 nitrogen and oxygen atoms in total. The fourth-order valence-electron chi connectivity index (χ4n) is 2.97. The Morgan fingerprint density at radius 2 is 1.65 bits per heavy atom. The SMILES string of the molecule is COc1ccccc1OCCN1CCN(C(=O)c2ccc(Cl)cc2)CC1. The van der Waals surface area contributed by atoms with Crippen LogP contribution in [0.4, 0.5) is 0 Å². The number of carbonyl (C=O) groups is 1. The first-order valence-electron chi connectivity index (χ1n) is 8.70. The summed E-state index contributed by atoms with van der Waals surface area (Å²) in [5.41, 5.74) is 0.683. The lowest BCUT2D eigenvalue weighted by molar-refractivity contribution is 0.0619. The Bertz CT molecular complexity index is 728. The van der Waals surface area contributed by atoms with E-state index in [9.17, 15) is 4.79 Å². The molecule has 0 unspecified atom stereocenters. The molecule has 0 spiro atoms. The van der Waals surface area contributed by atoms with E-state index in [1.807, 2.05) is 29.2 Å². The lowest BCUT2D eigenvalue weighted by Crippen LogP contribution is -2.49. The van der Waals surface area contributed by atoms with Crippen LogP contribution in [0.15, 0.2) is 48.5 Å². The second kappa shape index (κ2) is 8.92. The average molecular weight is 375 g/mol. The highest BCUT2D eigenvalue weighted by atomic mass is 35.5. The lowest BCUT2D eigenvalue weighted by atomic mass is 10.2. The second-order valence-corrected chi connectivity index (χ2v) is 6.58. The van der Waals surface area contributed by atoms with E-state index >= 15 is 0 Å². The third kappa shape index (κ3) is 4.68. The molecule has 1 amide bonds. The maximum absolute atomic E-state index is 12.5. The van der Waals surface area contributed by atoms with Crippen molar-refractivity contribution in [1.82, 2.24) is 9.80 Å². The van der Waals surface area contributed by atoms with Crippen molar-refractivity contribution in [2.45, 2.75) is 0 Å². The minimum Gasteiger partial charge on any atom is -0.493 e. The van der Waals surface area contributed by atoms with E-state index in [4.69, 9.17) is 21.1 Å². The van der Waals surface area contributed by atoms with E-state index in [0.29, 0.717) is 17.2 Å². The summed E-state index contributed by atoms with van der Waals surface area (Å²) in [6, 6.07) is 14.7. The zero-order valence-electron chi connectivity index (χ0n) is 14.9. The largest absolute Gasteiger partial charge is 0.493 e. The molecule has 1 fully saturated rings. The Morgan fingerprint density at radius 3 is 2.31 bits per heavy atom. The molecule has 1 aliphatic rings. The molecule has 0 radical (unpaired) electrons. The summed E-state index contributed by atoms with van der Waals surface area (Å²) >= 11 is 5.88. The Kier molecular flexibility index (Phi) is 6.36. The molecule has 0 bridgehead atoms. The van der Waals surface area contributed by atoms with Crippen molar-refractivity contribution in [2.75, 3.05) is 46.4 Å². The van der Waals surface area contributed by atoms with Crippen LogP contribution in [0.25, 0.3) is 0 Å². The van der Waals surface area contributed by atoms with E-state index in [0.717, 1.165) is 44.2 Å². The third-order valence-electron chi connectivity index (χ3n) is 4.48. The molecule has 1 aliphatic heterocycles. The van der Waals surface area contributed by atoms with Gasteiger partial charge >= 0.3 is 0 Å². The molecule has 0 aromatic heterocycles. The molecule has 0 N–H and O–H groups in total. The van der Waals surface area contributed by atoms with E-state index in [2.05, 4.69) is 4.90 Å². The van der Waals surface area contributed by atoms with Crippen molar-refractivity contribution in [3.05, 3.63) is 59.1 Å². The van der Waals surface area contributed by atoms with Gasteiger partial charge in [-0.15, -0.1) is 0 Å². The van der Waals surface area contributed by atoms with Crippen LogP contribution in [0, 0.1) is 0 Å². The van der Waals surface area contributed by atoms with Crippen LogP contribution in [0.3, 0.4) is 0 Å². The highest BCUT2D eigenvalue weighted by molar-refractivity contribution is 6.30. The minimum atomic E-state index is 0.0617. The molecule has 26 heavy (non-hydrogen) atoms. The number of amides is 1. The zero-order chi connectivity index (χ0) is 18.4. The van der Waals surface area contributed by atoms with E-state index in [1.54, 1.807) is 31.4 Å². The molecule has 2 aromatic carbocycles. The topological polar surface area (TPSA) is 42.0 Å². The molecule has 0 aliphatic carbocycles. The molecule has 0 atom stereocenters. The molecule has 0 saturated carbocycles. The molecular weight excluding hydrogens is 352 g/mol. The molecule has 2 aromatic rings. The summed E-state index contributed by atoms with van der Waals surface area (Å²) in [4.78, 5) is 16.7. The molecule has 3 rings (SSSR count). The highest BCUT2D eigenvalue weighted by Gasteiger charge is 2.22. The Labute approximate surface area is 159 Å². The molecular formula is C20H23ClN2O3. The van der Waals surface area contributed by atoms with Crippen LogP contribution in [0.2, 0.25) is 5.02 Å². The number of piperazine rings is 1. The van der Waals surface area contributed by atoms with Crippen LogP contribution in [-0.2, 0) is 0 Å². The van der Waals surface area contributed by atoms with Crippen molar-refractivity contribution in [2.24, 2.45) is 0 Å². The van der Waals surface area contributed by atoms with Crippen molar-refractivity contribution < 1.29 is 14.3 Å². The monoisotopic (exact) mass is 374 g/mol. The smallest absolute Gasteiger partial charge is 0.253 e. The summed E-state index contributed by atoms with van der Waals surface area (Å²) in [5, 5.41) is 0.640. The Morgan fingerprint density at radius 1 is 1.00 bits per heavy atom. The standard InChI is InChI=1S/C20H23ClN2O3/c1-25-18-4-2-3-5-19(18)26-15-14-22-10-12-23(13-11-22)20(24)16-6-8-17(21)9-7-16/h2-9H,10-15H2,1H3. The summed E-state index contributed by atoms with van der Waals surface area (Å²) < 4.78 is 11.1. The van der Waals surface area contributed by atoms with Gasteiger partial charge in [0.1, 0.15) is 6.61 Å². The van der Waals surface area contributed by atoms with Gasteiger partial charge in [-0.1, -0.05) is 23.7 Å². The molecule has 1 saturated heterocycles. The van der Waals surface area contributed by atoms with Crippen molar-refractivity contribution in [3.63, 3.8) is 0 Å². The molecule has 1 heterocycles. The molecule has 6 heteroatoms. The van der Waals surface area contributed by atoms with Gasteiger partial charge in [0.25, 0.3) is 5.91 Å². The van der Waals surface area contributed by atoms with Gasteiger partial charge in [-0.25, -0.2) is 0 Å². The molecule has 138 valence electrons. The van der Waals surface area contributed by atoms with Crippen LogP contribution in [0.1, 0.15) is 10.4 Å². The number of benzene rings is 2.